The van der Waals surface area contributed by atoms with Crippen LogP contribution in [-0.4, -0.2) is 0 Å². The van der Waals surface area contributed by atoms with Gasteiger partial charge in [-0.3, -0.25) is 0 Å². The number of rotatable bonds is 15. The first-order valence-electron chi connectivity index (χ1n) is 29.3. The largest absolute Gasteiger partial charge is 0.489 e. The predicted octanol–water partition coefficient (Wildman–Crippen LogP) is 20.5. The Morgan fingerprint density at radius 2 is 0.938 bits per heavy atom. The zero-order valence-electron chi connectivity index (χ0n) is 46.9. The van der Waals surface area contributed by atoms with E-state index in [9.17, 15) is 0 Å². The van der Waals surface area contributed by atoms with Crippen LogP contribution in [0.3, 0.4) is 0 Å². The summed E-state index contributed by atoms with van der Waals surface area (Å²) in [6.45, 7) is 9.94. The fourth-order valence-electron chi connectivity index (χ4n) is 13.9. The molecule has 0 heterocycles. The third-order valence-corrected chi connectivity index (χ3v) is 18.5. The van der Waals surface area contributed by atoms with E-state index in [4.69, 9.17) is 4.74 Å². The number of hydrogen-bond acceptors (Lipinski definition) is 2. The molecule has 81 heavy (non-hydrogen) atoms. The van der Waals surface area contributed by atoms with E-state index in [2.05, 4.69) is 293 Å². The van der Waals surface area contributed by atoms with Crippen LogP contribution in [-0.2, 0) is 30.3 Å². The first-order valence-corrected chi connectivity index (χ1v) is 29.3. The molecule has 3 aliphatic rings. The fraction of sp³-hybridized carbons (Fsp3) is 0.165. The minimum absolute atomic E-state index is 0.150. The van der Waals surface area contributed by atoms with Gasteiger partial charge in [-0.05, 0) is 192 Å². The summed E-state index contributed by atoms with van der Waals surface area (Å²) in [5.41, 5.74) is 27.4. The second kappa shape index (κ2) is 20.6. The van der Waals surface area contributed by atoms with Crippen molar-refractivity contribution in [2.75, 3.05) is 4.90 Å². The van der Waals surface area contributed by atoms with Crippen LogP contribution in [0, 0.1) is 0 Å². The van der Waals surface area contributed by atoms with Crippen LogP contribution < -0.4 is 9.64 Å². The Bertz CT molecular complexity index is 4080. The zero-order valence-corrected chi connectivity index (χ0v) is 46.9. The van der Waals surface area contributed by atoms with Gasteiger partial charge in [0.2, 0.25) is 0 Å². The molecule has 2 nitrogen and oxygen atoms in total. The summed E-state index contributed by atoms with van der Waals surface area (Å²) in [7, 11) is 0. The van der Waals surface area contributed by atoms with Crippen molar-refractivity contribution < 1.29 is 4.74 Å². The second-order valence-corrected chi connectivity index (χ2v) is 23.4. The summed E-state index contributed by atoms with van der Waals surface area (Å²) in [6, 6.07) is 97.6. The zero-order chi connectivity index (χ0) is 54.7. The maximum atomic E-state index is 6.63. The van der Waals surface area contributed by atoms with Crippen LogP contribution in [0.25, 0.3) is 44.5 Å². The summed E-state index contributed by atoms with van der Waals surface area (Å²) in [6.07, 6.45) is 4.67. The lowest BCUT2D eigenvalue weighted by atomic mass is 9.67. The Hall–Kier alpha value is -8.98. The van der Waals surface area contributed by atoms with E-state index in [-0.39, 0.29) is 5.41 Å². The number of anilines is 3. The van der Waals surface area contributed by atoms with Crippen molar-refractivity contribution in [2.24, 2.45) is 0 Å². The van der Waals surface area contributed by atoms with Gasteiger partial charge >= 0.3 is 0 Å². The number of fused-ring (bicyclic) bond motifs is 7. The highest BCUT2D eigenvalue weighted by molar-refractivity contribution is 5.91. The van der Waals surface area contributed by atoms with Crippen LogP contribution in [0.4, 0.5) is 17.1 Å². The van der Waals surface area contributed by atoms with Gasteiger partial charge < -0.3 is 9.64 Å². The highest BCUT2D eigenvalue weighted by Gasteiger charge is 2.46. The highest BCUT2D eigenvalue weighted by Crippen LogP contribution is 2.58. The van der Waals surface area contributed by atoms with Gasteiger partial charge in [0.1, 0.15) is 12.4 Å². The normalized spacial score (nSPS) is 15.8. The number of aryl methyl sites for hydroxylation is 2. The van der Waals surface area contributed by atoms with Crippen LogP contribution >= 0.6 is 0 Å². The lowest BCUT2D eigenvalue weighted by molar-refractivity contribution is 0.306. The molecule has 14 rings (SSSR count). The summed E-state index contributed by atoms with van der Waals surface area (Å²) in [4.78, 5) is 2.47. The summed E-state index contributed by atoms with van der Waals surface area (Å²) in [5.74, 6) is 1.79. The molecule has 11 aromatic rings. The number of ether oxygens (including phenoxy) is 1. The average molecular weight is 1050 g/mol. The van der Waals surface area contributed by atoms with Gasteiger partial charge in [0.25, 0.3) is 0 Å². The topological polar surface area (TPSA) is 12.5 Å². The lowest BCUT2D eigenvalue weighted by Gasteiger charge is -2.35. The molecule has 0 radical (unpaired) electrons. The molecule has 0 saturated heterocycles. The maximum Gasteiger partial charge on any atom is 0.119 e. The molecule has 0 saturated carbocycles. The Balaban J connectivity index is 0.764. The van der Waals surface area contributed by atoms with E-state index >= 15 is 0 Å². The molecular formula is C79H67NO. The van der Waals surface area contributed by atoms with E-state index < -0.39 is 5.41 Å². The Labute approximate surface area is 479 Å². The minimum atomic E-state index is -0.610. The first kappa shape index (κ1) is 50.3. The van der Waals surface area contributed by atoms with Crippen LogP contribution in [0.15, 0.2) is 261 Å². The van der Waals surface area contributed by atoms with Gasteiger partial charge in [0.05, 0.1) is 5.41 Å². The van der Waals surface area contributed by atoms with E-state index in [1.807, 2.05) is 0 Å². The molecule has 0 spiro atoms. The minimum Gasteiger partial charge on any atom is -0.489 e. The van der Waals surface area contributed by atoms with Gasteiger partial charge in [-0.2, -0.15) is 0 Å². The second-order valence-electron chi connectivity index (χ2n) is 23.4. The molecule has 394 valence electrons. The number of nitrogens with zero attached hydrogens (tertiary/aromatic N) is 1. The van der Waals surface area contributed by atoms with Gasteiger partial charge in [0, 0.05) is 22.5 Å². The fourth-order valence-corrected chi connectivity index (χ4v) is 13.9. The third kappa shape index (κ3) is 8.81. The van der Waals surface area contributed by atoms with Crippen LogP contribution in [0.2, 0.25) is 0 Å². The van der Waals surface area contributed by atoms with Gasteiger partial charge in [-0.1, -0.05) is 240 Å². The van der Waals surface area contributed by atoms with E-state index in [1.165, 1.54) is 113 Å². The average Bonchev–Trinajstić information content (AvgIpc) is 4.17. The molecule has 3 aliphatic carbocycles. The van der Waals surface area contributed by atoms with E-state index in [0.717, 1.165) is 41.2 Å². The standard InChI is InChI=1S/C79H67NO/c1-5-55(58-28-30-60(31-29-58)62-34-32-61-33-35-63(61)49-62)48-53(2)56-26-24-54(25-27-56)52-81-69-44-38-65(39-45-69)79(64-18-10-7-11-19-64)75-23-15-13-21-71(75)73-47-43-68(51-77(73)79)80(66-40-36-59(37-41-66)57-16-8-6-9-17-57)67-42-46-72-70-20-12-14-22-74(70)78(3,4)76(72)50-67/h6-32,34,36-47,49-51,53,55H,5,33,35,48,52H2,1-4H3. The van der Waals surface area contributed by atoms with Crippen molar-refractivity contribution >= 4 is 17.1 Å². The molecule has 11 aromatic carbocycles. The predicted molar refractivity (Wildman–Crippen MR) is 338 cm³/mol. The van der Waals surface area contributed by atoms with Crippen LogP contribution in [0.1, 0.15) is 114 Å². The van der Waals surface area contributed by atoms with Crippen molar-refractivity contribution in [1.29, 1.82) is 0 Å². The van der Waals surface area contributed by atoms with Crippen LogP contribution in [0.5, 0.6) is 5.75 Å². The van der Waals surface area contributed by atoms with Crippen molar-refractivity contribution in [3.05, 3.63) is 322 Å². The first-order chi connectivity index (χ1) is 39.7. The maximum absolute atomic E-state index is 6.63. The molecular weight excluding hydrogens is 979 g/mol. The molecule has 0 fully saturated rings. The van der Waals surface area contributed by atoms with Crippen molar-refractivity contribution in [1.82, 2.24) is 0 Å². The smallest absolute Gasteiger partial charge is 0.119 e. The van der Waals surface area contributed by atoms with Crippen molar-refractivity contribution in [3.63, 3.8) is 0 Å². The van der Waals surface area contributed by atoms with Crippen molar-refractivity contribution in [2.45, 2.75) is 82.7 Å². The number of benzene rings is 11. The summed E-state index contributed by atoms with van der Waals surface area (Å²) >= 11 is 0. The molecule has 0 amide bonds. The summed E-state index contributed by atoms with van der Waals surface area (Å²) in [5, 5.41) is 0. The highest BCUT2D eigenvalue weighted by atomic mass is 16.5. The van der Waals surface area contributed by atoms with E-state index in [0.29, 0.717) is 18.4 Å². The Morgan fingerprint density at radius 3 is 1.60 bits per heavy atom. The Morgan fingerprint density at radius 1 is 0.420 bits per heavy atom. The monoisotopic (exact) mass is 1050 g/mol. The third-order valence-electron chi connectivity index (χ3n) is 18.5. The van der Waals surface area contributed by atoms with E-state index in [1.54, 1.807) is 0 Å². The molecule has 2 heteroatoms. The van der Waals surface area contributed by atoms with Gasteiger partial charge in [-0.25, -0.2) is 0 Å². The van der Waals surface area contributed by atoms with Crippen molar-refractivity contribution in [3.8, 4) is 50.3 Å². The quantitative estimate of drug-likeness (QED) is 0.101. The molecule has 0 aliphatic heterocycles. The van der Waals surface area contributed by atoms with Gasteiger partial charge in [0.15, 0.2) is 0 Å². The SMILES string of the molecule is CCC(CC(C)c1ccc(COc2ccc(C3(c4ccccc4)c4ccccc4-c4ccc(N(c5ccc(-c6ccccc6)cc5)c5ccc6c(c5)C(C)(C)c5ccccc5-6)cc43)cc2)cc1)c1ccc(-c2ccc3c(c2)CC3)cc1. The Kier molecular flexibility index (Phi) is 12.8. The van der Waals surface area contributed by atoms with Gasteiger partial charge in [-0.15, -0.1) is 0 Å². The molecule has 3 atom stereocenters. The molecule has 0 aromatic heterocycles. The molecule has 0 bridgehead atoms. The molecule has 0 N–H and O–H groups in total. The molecule has 3 unspecified atom stereocenters. The summed E-state index contributed by atoms with van der Waals surface area (Å²) < 4.78 is 6.63. The lowest BCUT2D eigenvalue weighted by Crippen LogP contribution is -2.28. The number of hydrogen-bond donors (Lipinski definition) is 0.